The number of rotatable bonds is 4. The van der Waals surface area contributed by atoms with Crippen LogP contribution in [0.2, 0.25) is 0 Å². The molecule has 0 N–H and O–H groups in total. The minimum absolute atomic E-state index is 0.106. The summed E-state index contributed by atoms with van der Waals surface area (Å²) in [5.74, 6) is 0. The fourth-order valence-electron chi connectivity index (χ4n) is 8.54. The van der Waals surface area contributed by atoms with Crippen molar-refractivity contribution in [3.05, 3.63) is 187 Å². The number of hydrogen-bond donors (Lipinski definition) is 0. The van der Waals surface area contributed by atoms with Gasteiger partial charge in [-0.15, -0.1) is 0 Å². The Bertz CT molecular complexity index is 2770. The Hall–Kier alpha value is -6.18. The third-order valence-electron chi connectivity index (χ3n) is 11.0. The summed E-state index contributed by atoms with van der Waals surface area (Å²) in [5.41, 5.74) is 11.2. The Morgan fingerprint density at radius 3 is 1.74 bits per heavy atom. The second-order valence-electron chi connectivity index (χ2n) is 14.1. The van der Waals surface area contributed by atoms with E-state index in [-0.39, 0.29) is 5.41 Å². The molecule has 0 radical (unpaired) electrons. The van der Waals surface area contributed by atoms with Gasteiger partial charge in [0.2, 0.25) is 0 Å². The van der Waals surface area contributed by atoms with E-state index in [1.54, 1.807) is 0 Å². The SMILES string of the molecule is CC1(C)c2ccccc2-c2ccc(N(c3ccc(-c4ccccc4)cc3)c3cc4ccc5ccccc5c4c4c3ccc3ccccc34)cc21. The molecule has 0 amide bonds. The molecule has 1 aliphatic rings. The molecule has 0 aromatic heterocycles. The molecule has 0 fully saturated rings. The van der Waals surface area contributed by atoms with Crippen LogP contribution in [0.1, 0.15) is 25.0 Å². The summed E-state index contributed by atoms with van der Waals surface area (Å²) in [6, 6.07) is 65.0. The highest BCUT2D eigenvalue weighted by Crippen LogP contribution is 2.52. The topological polar surface area (TPSA) is 3.24 Å². The maximum absolute atomic E-state index is 2.49. The molecule has 50 heavy (non-hydrogen) atoms. The number of nitrogens with zero attached hydrogens (tertiary/aromatic N) is 1. The molecule has 0 atom stereocenters. The van der Waals surface area contributed by atoms with E-state index < -0.39 is 0 Å². The lowest BCUT2D eigenvalue weighted by atomic mass is 9.82. The highest BCUT2D eigenvalue weighted by atomic mass is 15.1. The first-order valence-corrected chi connectivity index (χ1v) is 17.5. The third kappa shape index (κ3) is 4.27. The van der Waals surface area contributed by atoms with Crippen molar-refractivity contribution < 1.29 is 0 Å². The van der Waals surface area contributed by atoms with Crippen LogP contribution < -0.4 is 4.90 Å². The standard InChI is InChI=1S/C49H35N/c1-49(2)44-19-11-10-18-41(44)42-29-27-38(31-45(42)49)50(37-25-22-33(23-26-37)32-12-4-3-5-13-32)46-30-36-21-20-34-14-6-8-16-39(34)47(36)48-40-17-9-7-15-35(40)24-28-43(46)48/h3-31H,1-2H3. The number of hydrogen-bond acceptors (Lipinski definition) is 1. The van der Waals surface area contributed by atoms with Gasteiger partial charge in [-0.3, -0.25) is 0 Å². The van der Waals surface area contributed by atoms with Crippen LogP contribution >= 0.6 is 0 Å². The van der Waals surface area contributed by atoms with Crippen molar-refractivity contribution in [1.29, 1.82) is 0 Å². The maximum Gasteiger partial charge on any atom is 0.0546 e. The van der Waals surface area contributed by atoms with Gasteiger partial charge in [0.25, 0.3) is 0 Å². The maximum atomic E-state index is 2.49. The number of benzene rings is 9. The fourth-order valence-corrected chi connectivity index (χ4v) is 8.54. The summed E-state index contributed by atoms with van der Waals surface area (Å²) < 4.78 is 0. The zero-order valence-electron chi connectivity index (χ0n) is 28.2. The van der Waals surface area contributed by atoms with E-state index in [4.69, 9.17) is 0 Å². The minimum atomic E-state index is -0.106. The molecule has 0 heterocycles. The zero-order chi connectivity index (χ0) is 33.4. The molecule has 0 spiro atoms. The van der Waals surface area contributed by atoms with E-state index in [1.807, 2.05) is 0 Å². The molecule has 9 aromatic rings. The van der Waals surface area contributed by atoms with Crippen LogP contribution in [-0.4, -0.2) is 0 Å². The van der Waals surface area contributed by atoms with Gasteiger partial charge < -0.3 is 4.90 Å². The van der Waals surface area contributed by atoms with Gasteiger partial charge in [0.05, 0.1) is 5.69 Å². The molecule has 0 saturated carbocycles. The average molecular weight is 638 g/mol. The van der Waals surface area contributed by atoms with Gasteiger partial charge in [-0.1, -0.05) is 159 Å². The second kappa shape index (κ2) is 10.9. The van der Waals surface area contributed by atoms with Crippen molar-refractivity contribution in [2.75, 3.05) is 4.90 Å². The van der Waals surface area contributed by atoms with Gasteiger partial charge in [-0.05, 0) is 96.0 Å². The first kappa shape index (κ1) is 28.8. The lowest BCUT2D eigenvalue weighted by Gasteiger charge is -2.30. The van der Waals surface area contributed by atoms with Gasteiger partial charge in [0.15, 0.2) is 0 Å². The van der Waals surface area contributed by atoms with E-state index in [2.05, 4.69) is 195 Å². The quantitative estimate of drug-likeness (QED) is 0.174. The van der Waals surface area contributed by atoms with E-state index in [0.29, 0.717) is 0 Å². The van der Waals surface area contributed by atoms with Crippen LogP contribution in [0.3, 0.4) is 0 Å². The average Bonchev–Trinajstić information content (AvgIpc) is 3.40. The lowest BCUT2D eigenvalue weighted by molar-refractivity contribution is 0.660. The Kier molecular flexibility index (Phi) is 6.29. The largest absolute Gasteiger partial charge is 0.310 e. The highest BCUT2D eigenvalue weighted by Gasteiger charge is 2.36. The van der Waals surface area contributed by atoms with Gasteiger partial charge in [0.1, 0.15) is 0 Å². The van der Waals surface area contributed by atoms with Crippen molar-refractivity contribution in [2.45, 2.75) is 19.3 Å². The summed E-state index contributed by atoms with van der Waals surface area (Å²) in [5, 5.41) is 10.2. The Morgan fingerprint density at radius 1 is 0.380 bits per heavy atom. The lowest BCUT2D eigenvalue weighted by Crippen LogP contribution is -2.16. The van der Waals surface area contributed by atoms with Crippen molar-refractivity contribution in [2.24, 2.45) is 0 Å². The summed E-state index contributed by atoms with van der Waals surface area (Å²) >= 11 is 0. The second-order valence-corrected chi connectivity index (χ2v) is 14.1. The zero-order valence-corrected chi connectivity index (χ0v) is 28.2. The minimum Gasteiger partial charge on any atom is -0.310 e. The van der Waals surface area contributed by atoms with Gasteiger partial charge in [-0.2, -0.15) is 0 Å². The Labute approximate surface area is 292 Å². The van der Waals surface area contributed by atoms with Crippen molar-refractivity contribution in [1.82, 2.24) is 0 Å². The molecule has 0 unspecified atom stereocenters. The molecule has 9 aromatic carbocycles. The first-order valence-electron chi connectivity index (χ1n) is 17.5. The van der Waals surface area contributed by atoms with Gasteiger partial charge >= 0.3 is 0 Å². The summed E-state index contributed by atoms with van der Waals surface area (Å²) in [6.07, 6.45) is 0. The van der Waals surface area contributed by atoms with E-state index in [9.17, 15) is 0 Å². The smallest absolute Gasteiger partial charge is 0.0546 e. The predicted molar refractivity (Wildman–Crippen MR) is 214 cm³/mol. The van der Waals surface area contributed by atoms with Crippen LogP contribution in [0.5, 0.6) is 0 Å². The predicted octanol–water partition coefficient (Wildman–Crippen LogP) is 13.7. The Balaban J connectivity index is 1.28. The number of fused-ring (bicyclic) bond motifs is 10. The molecule has 0 aliphatic heterocycles. The van der Waals surface area contributed by atoms with Crippen LogP contribution in [0.15, 0.2) is 176 Å². The third-order valence-corrected chi connectivity index (χ3v) is 11.0. The molecule has 0 bridgehead atoms. The molecular weight excluding hydrogens is 603 g/mol. The molecule has 1 heteroatoms. The van der Waals surface area contributed by atoms with Crippen molar-refractivity contribution >= 4 is 60.2 Å². The van der Waals surface area contributed by atoms with Crippen LogP contribution in [0.25, 0.3) is 65.3 Å². The van der Waals surface area contributed by atoms with E-state index >= 15 is 0 Å². The number of anilines is 3. The first-order chi connectivity index (χ1) is 24.6. The molecule has 0 saturated heterocycles. The molecule has 10 rings (SSSR count). The van der Waals surface area contributed by atoms with Crippen molar-refractivity contribution in [3.63, 3.8) is 0 Å². The van der Waals surface area contributed by atoms with Crippen LogP contribution in [0.4, 0.5) is 17.1 Å². The fraction of sp³-hybridized carbons (Fsp3) is 0.0612. The molecule has 236 valence electrons. The summed E-state index contributed by atoms with van der Waals surface area (Å²) in [6.45, 7) is 4.73. The van der Waals surface area contributed by atoms with Crippen LogP contribution in [-0.2, 0) is 5.41 Å². The molecular formula is C49H35N. The normalized spacial score (nSPS) is 13.2. The molecule has 1 nitrogen and oxygen atoms in total. The van der Waals surface area contributed by atoms with Crippen molar-refractivity contribution in [3.8, 4) is 22.3 Å². The van der Waals surface area contributed by atoms with E-state index in [1.165, 1.54) is 82.2 Å². The summed E-state index contributed by atoms with van der Waals surface area (Å²) in [7, 11) is 0. The van der Waals surface area contributed by atoms with Crippen LogP contribution in [0, 0.1) is 0 Å². The monoisotopic (exact) mass is 637 g/mol. The van der Waals surface area contributed by atoms with E-state index in [0.717, 1.165) is 11.4 Å². The summed E-state index contributed by atoms with van der Waals surface area (Å²) in [4.78, 5) is 2.49. The van der Waals surface area contributed by atoms with Gasteiger partial charge in [0, 0.05) is 27.6 Å². The Morgan fingerprint density at radius 2 is 0.960 bits per heavy atom. The highest BCUT2D eigenvalue weighted by molar-refractivity contribution is 6.30. The van der Waals surface area contributed by atoms with Gasteiger partial charge in [-0.25, -0.2) is 0 Å². The molecule has 1 aliphatic carbocycles.